The molecule has 0 saturated carbocycles. The van der Waals surface area contributed by atoms with Crippen molar-refractivity contribution in [1.29, 1.82) is 0 Å². The van der Waals surface area contributed by atoms with E-state index in [2.05, 4.69) is 21.1 Å². The second-order valence-electron chi connectivity index (χ2n) is 6.22. The van der Waals surface area contributed by atoms with Crippen LogP contribution in [0.3, 0.4) is 0 Å². The highest BCUT2D eigenvalue weighted by molar-refractivity contribution is 5.96. The lowest BCUT2D eigenvalue weighted by Gasteiger charge is -2.25. The summed E-state index contributed by atoms with van der Waals surface area (Å²) in [5.41, 5.74) is 2.32. The molecule has 0 bridgehead atoms. The Morgan fingerprint density at radius 3 is 3.04 bits per heavy atom. The van der Waals surface area contributed by atoms with Gasteiger partial charge in [-0.3, -0.25) is 9.69 Å². The van der Waals surface area contributed by atoms with Gasteiger partial charge in [0.15, 0.2) is 5.82 Å². The second kappa shape index (κ2) is 5.77. The van der Waals surface area contributed by atoms with Crippen LogP contribution in [0.25, 0.3) is 0 Å². The second-order valence-corrected chi connectivity index (χ2v) is 6.22. The summed E-state index contributed by atoms with van der Waals surface area (Å²) >= 11 is 0. The fraction of sp³-hybridized carbons (Fsp3) is 0.471. The van der Waals surface area contributed by atoms with Gasteiger partial charge < -0.3 is 9.42 Å². The van der Waals surface area contributed by atoms with E-state index in [1.54, 1.807) is 6.92 Å². The number of nitrogens with zero attached hydrogens (tertiary/aromatic N) is 4. The number of aromatic nitrogens is 2. The average molecular weight is 312 g/mol. The van der Waals surface area contributed by atoms with Crippen molar-refractivity contribution in [2.24, 2.45) is 0 Å². The van der Waals surface area contributed by atoms with Gasteiger partial charge in [-0.05, 0) is 37.4 Å². The molecule has 23 heavy (non-hydrogen) atoms. The van der Waals surface area contributed by atoms with Crippen LogP contribution >= 0.6 is 0 Å². The Morgan fingerprint density at radius 1 is 1.35 bits per heavy atom. The molecule has 2 aliphatic heterocycles. The van der Waals surface area contributed by atoms with Crippen molar-refractivity contribution in [3.05, 3.63) is 41.5 Å². The molecule has 1 fully saturated rings. The Morgan fingerprint density at radius 2 is 2.22 bits per heavy atom. The molecule has 0 aliphatic carbocycles. The molecule has 1 aromatic heterocycles. The quantitative estimate of drug-likeness (QED) is 0.868. The van der Waals surface area contributed by atoms with Crippen molar-refractivity contribution in [2.75, 3.05) is 24.5 Å². The highest BCUT2D eigenvalue weighted by Crippen LogP contribution is 2.31. The highest BCUT2D eigenvalue weighted by Gasteiger charge is 2.33. The fourth-order valence-electron chi connectivity index (χ4n) is 3.61. The number of benzene rings is 1. The van der Waals surface area contributed by atoms with Gasteiger partial charge in [-0.1, -0.05) is 23.4 Å². The predicted octanol–water partition coefficient (Wildman–Crippen LogP) is 2.10. The number of anilines is 1. The molecule has 0 unspecified atom stereocenters. The molecule has 1 atom stereocenters. The maximum Gasteiger partial charge on any atom is 0.241 e. The normalized spacial score (nSPS) is 20.9. The van der Waals surface area contributed by atoms with Gasteiger partial charge in [-0.2, -0.15) is 4.98 Å². The molecule has 2 aliphatic rings. The van der Waals surface area contributed by atoms with E-state index in [9.17, 15) is 4.79 Å². The number of aryl methyl sites for hydroxylation is 1. The topological polar surface area (TPSA) is 62.5 Å². The van der Waals surface area contributed by atoms with Gasteiger partial charge in [-0.25, -0.2) is 0 Å². The number of amides is 1. The number of fused-ring (bicyclic) bond motifs is 1. The van der Waals surface area contributed by atoms with Gasteiger partial charge in [0.1, 0.15) is 0 Å². The summed E-state index contributed by atoms with van der Waals surface area (Å²) in [6.45, 7) is 3.88. The van der Waals surface area contributed by atoms with Gasteiger partial charge >= 0.3 is 0 Å². The third-order valence-corrected chi connectivity index (χ3v) is 4.73. The fourth-order valence-corrected chi connectivity index (χ4v) is 3.61. The number of para-hydroxylation sites is 1. The summed E-state index contributed by atoms with van der Waals surface area (Å²) < 4.78 is 5.09. The van der Waals surface area contributed by atoms with E-state index in [0.717, 1.165) is 38.0 Å². The Kier molecular flexibility index (Phi) is 3.61. The first-order chi connectivity index (χ1) is 11.2. The standard InChI is InChI=1S/C17H20N4O2/c1-12-18-17(19-23-12)15-7-4-9-20(15)11-16(22)21-10-8-13-5-2-3-6-14(13)21/h2-3,5-6,15H,4,7-11H2,1H3/t15-/m0/s1. The minimum atomic E-state index is 0.0919. The lowest BCUT2D eigenvalue weighted by atomic mass is 10.2. The molecule has 2 aromatic rings. The maximum absolute atomic E-state index is 12.8. The first-order valence-corrected chi connectivity index (χ1v) is 8.15. The zero-order valence-electron chi connectivity index (χ0n) is 13.2. The smallest absolute Gasteiger partial charge is 0.241 e. The Bertz CT molecular complexity index is 727. The SMILES string of the molecule is Cc1nc([C@@H]2CCCN2CC(=O)N2CCc3ccccc32)no1. The number of rotatable bonds is 3. The van der Waals surface area contributed by atoms with Crippen LogP contribution in [-0.4, -0.2) is 40.6 Å². The lowest BCUT2D eigenvalue weighted by Crippen LogP contribution is -2.39. The molecule has 4 rings (SSSR count). The van der Waals surface area contributed by atoms with E-state index >= 15 is 0 Å². The minimum absolute atomic E-state index is 0.0919. The predicted molar refractivity (Wildman–Crippen MR) is 85.1 cm³/mol. The van der Waals surface area contributed by atoms with E-state index in [1.807, 2.05) is 23.1 Å². The molecule has 6 nitrogen and oxygen atoms in total. The van der Waals surface area contributed by atoms with Gasteiger partial charge in [-0.15, -0.1) is 0 Å². The number of likely N-dealkylation sites (tertiary alicyclic amines) is 1. The van der Waals surface area contributed by atoms with Gasteiger partial charge in [0.2, 0.25) is 11.8 Å². The molecule has 0 N–H and O–H groups in total. The molecular formula is C17H20N4O2. The molecule has 3 heterocycles. The van der Waals surface area contributed by atoms with Crippen molar-refractivity contribution in [3.63, 3.8) is 0 Å². The Labute approximate surface area is 135 Å². The van der Waals surface area contributed by atoms with Crippen molar-refractivity contribution >= 4 is 11.6 Å². The molecule has 0 radical (unpaired) electrons. The molecule has 1 saturated heterocycles. The van der Waals surface area contributed by atoms with Crippen LogP contribution in [0.5, 0.6) is 0 Å². The van der Waals surface area contributed by atoms with Crippen LogP contribution in [0, 0.1) is 6.92 Å². The van der Waals surface area contributed by atoms with E-state index in [4.69, 9.17) is 4.52 Å². The number of hydrogen-bond acceptors (Lipinski definition) is 5. The van der Waals surface area contributed by atoms with Gasteiger partial charge in [0, 0.05) is 19.2 Å². The van der Waals surface area contributed by atoms with Crippen molar-refractivity contribution in [3.8, 4) is 0 Å². The van der Waals surface area contributed by atoms with Crippen molar-refractivity contribution in [1.82, 2.24) is 15.0 Å². The molecule has 1 aromatic carbocycles. The average Bonchev–Trinajstić information content (AvgIpc) is 3.25. The zero-order chi connectivity index (χ0) is 15.8. The molecule has 120 valence electrons. The molecule has 0 spiro atoms. The van der Waals surface area contributed by atoms with Crippen LogP contribution in [0.15, 0.2) is 28.8 Å². The highest BCUT2D eigenvalue weighted by atomic mass is 16.5. The zero-order valence-corrected chi connectivity index (χ0v) is 13.2. The van der Waals surface area contributed by atoms with Crippen molar-refractivity contribution < 1.29 is 9.32 Å². The van der Waals surface area contributed by atoms with E-state index < -0.39 is 0 Å². The Hall–Kier alpha value is -2.21. The summed E-state index contributed by atoms with van der Waals surface area (Å²) in [4.78, 5) is 21.2. The number of carbonyl (C=O) groups is 1. The van der Waals surface area contributed by atoms with Crippen LogP contribution in [0.2, 0.25) is 0 Å². The number of hydrogen-bond donors (Lipinski definition) is 0. The number of carbonyl (C=O) groups excluding carboxylic acids is 1. The van der Waals surface area contributed by atoms with Crippen LogP contribution in [0.1, 0.15) is 36.2 Å². The third-order valence-electron chi connectivity index (χ3n) is 4.73. The van der Waals surface area contributed by atoms with E-state index in [-0.39, 0.29) is 11.9 Å². The lowest BCUT2D eigenvalue weighted by molar-refractivity contribution is -0.119. The third kappa shape index (κ3) is 2.63. The van der Waals surface area contributed by atoms with E-state index in [0.29, 0.717) is 18.3 Å². The molecular weight excluding hydrogens is 292 g/mol. The Balaban J connectivity index is 1.48. The van der Waals surface area contributed by atoms with E-state index in [1.165, 1.54) is 5.56 Å². The van der Waals surface area contributed by atoms with Crippen LogP contribution in [0.4, 0.5) is 5.69 Å². The first kappa shape index (κ1) is 14.4. The first-order valence-electron chi connectivity index (χ1n) is 8.15. The van der Waals surface area contributed by atoms with Crippen molar-refractivity contribution in [2.45, 2.75) is 32.2 Å². The monoisotopic (exact) mass is 312 g/mol. The largest absolute Gasteiger partial charge is 0.340 e. The summed E-state index contributed by atoms with van der Waals surface area (Å²) in [5, 5.41) is 4.04. The minimum Gasteiger partial charge on any atom is -0.340 e. The summed E-state index contributed by atoms with van der Waals surface area (Å²) in [7, 11) is 0. The summed E-state index contributed by atoms with van der Waals surface area (Å²) in [6.07, 6.45) is 2.97. The molecule has 6 heteroatoms. The van der Waals surface area contributed by atoms with Gasteiger partial charge in [0.25, 0.3) is 0 Å². The maximum atomic E-state index is 12.8. The van der Waals surface area contributed by atoms with Gasteiger partial charge in [0.05, 0.1) is 12.6 Å². The van der Waals surface area contributed by atoms with Crippen LogP contribution < -0.4 is 4.90 Å². The summed E-state index contributed by atoms with van der Waals surface area (Å²) in [6, 6.07) is 8.25. The van der Waals surface area contributed by atoms with Crippen LogP contribution in [-0.2, 0) is 11.2 Å². The molecule has 1 amide bonds. The summed E-state index contributed by atoms with van der Waals surface area (Å²) in [5.74, 6) is 1.43.